The van der Waals surface area contributed by atoms with E-state index in [-0.39, 0.29) is 17.3 Å². The van der Waals surface area contributed by atoms with Crippen molar-refractivity contribution >= 4 is 34.2 Å². The van der Waals surface area contributed by atoms with Crippen LogP contribution in [0.25, 0.3) is 5.57 Å². The van der Waals surface area contributed by atoms with Gasteiger partial charge in [0.15, 0.2) is 4.80 Å². The third-order valence-corrected chi connectivity index (χ3v) is 6.01. The van der Waals surface area contributed by atoms with Gasteiger partial charge in [-0.25, -0.2) is 9.38 Å². The van der Waals surface area contributed by atoms with Crippen molar-refractivity contribution in [3.05, 3.63) is 79.1 Å². The summed E-state index contributed by atoms with van der Waals surface area (Å²) in [4.78, 5) is 32.6. The Morgan fingerprint density at radius 1 is 1.14 bits per heavy atom. The van der Waals surface area contributed by atoms with Crippen molar-refractivity contribution in [1.29, 1.82) is 0 Å². The normalized spacial score (nSPS) is 17.1. The van der Waals surface area contributed by atoms with Gasteiger partial charge in [-0.3, -0.25) is 14.2 Å². The summed E-state index contributed by atoms with van der Waals surface area (Å²) in [6.45, 7) is 2.61. The number of fused-ring (bicyclic) bond motifs is 2. The van der Waals surface area contributed by atoms with Gasteiger partial charge >= 0.3 is 0 Å². The van der Waals surface area contributed by atoms with Crippen molar-refractivity contribution in [2.75, 3.05) is 16.9 Å². The van der Waals surface area contributed by atoms with E-state index in [0.717, 1.165) is 16.8 Å². The van der Waals surface area contributed by atoms with Gasteiger partial charge in [0.25, 0.3) is 11.5 Å². The number of hydrogen-bond acceptors (Lipinski definition) is 5. The van der Waals surface area contributed by atoms with Crippen LogP contribution in [0.2, 0.25) is 0 Å². The number of thiazole rings is 1. The summed E-state index contributed by atoms with van der Waals surface area (Å²) in [5.74, 6) is -0.585. The number of aryl methyl sites for hydroxylation is 1. The molecule has 5 rings (SSSR count). The van der Waals surface area contributed by atoms with Crippen LogP contribution in [0, 0.1) is 12.7 Å². The molecule has 3 aromatic rings. The highest BCUT2D eigenvalue weighted by molar-refractivity contribution is 7.07. The summed E-state index contributed by atoms with van der Waals surface area (Å²) in [6, 6.07) is 11.8. The number of halogens is 1. The van der Waals surface area contributed by atoms with Crippen molar-refractivity contribution < 1.29 is 9.18 Å². The van der Waals surface area contributed by atoms with Crippen LogP contribution >= 0.6 is 11.3 Å². The van der Waals surface area contributed by atoms with E-state index in [1.165, 1.54) is 23.5 Å². The molecule has 3 heterocycles. The van der Waals surface area contributed by atoms with Gasteiger partial charge in [0, 0.05) is 16.9 Å². The Morgan fingerprint density at radius 2 is 1.93 bits per heavy atom. The van der Waals surface area contributed by atoms with Crippen LogP contribution in [0.3, 0.4) is 0 Å². The number of benzene rings is 2. The molecule has 0 radical (unpaired) electrons. The molecule has 0 saturated heterocycles. The van der Waals surface area contributed by atoms with Gasteiger partial charge in [0.1, 0.15) is 23.7 Å². The lowest BCUT2D eigenvalue weighted by atomic mass is 10.1. The highest BCUT2D eigenvalue weighted by Gasteiger charge is 2.28. The maximum Gasteiger partial charge on any atom is 0.272 e. The number of anilines is 2. The summed E-state index contributed by atoms with van der Waals surface area (Å²) >= 11 is 1.23. The van der Waals surface area contributed by atoms with Crippen molar-refractivity contribution in [2.24, 2.45) is 4.99 Å². The smallest absolute Gasteiger partial charge is 0.272 e. The van der Waals surface area contributed by atoms with Crippen molar-refractivity contribution in [2.45, 2.75) is 13.6 Å². The van der Waals surface area contributed by atoms with Gasteiger partial charge in [0.05, 0.1) is 5.57 Å². The lowest BCUT2D eigenvalue weighted by molar-refractivity contribution is -0.110. The molecular weight excluding hydrogens is 379 g/mol. The molecule has 2 aliphatic heterocycles. The van der Waals surface area contributed by atoms with E-state index in [2.05, 4.69) is 10.3 Å². The second kappa shape index (κ2) is 6.13. The van der Waals surface area contributed by atoms with E-state index in [4.69, 9.17) is 0 Å². The van der Waals surface area contributed by atoms with Gasteiger partial charge in [-0.2, -0.15) is 0 Å². The van der Waals surface area contributed by atoms with Crippen molar-refractivity contribution in [3.63, 3.8) is 0 Å². The molecular formula is C20H15FN4O2S. The Kier molecular flexibility index (Phi) is 3.70. The molecule has 0 fully saturated rings. The van der Waals surface area contributed by atoms with Gasteiger partial charge < -0.3 is 10.2 Å². The first-order valence-corrected chi connectivity index (χ1v) is 9.54. The summed E-state index contributed by atoms with van der Waals surface area (Å²) in [7, 11) is 0. The second-order valence-electron chi connectivity index (χ2n) is 6.78. The molecule has 6 nitrogen and oxygen atoms in total. The molecule has 1 aromatic heterocycles. The van der Waals surface area contributed by atoms with E-state index in [0.29, 0.717) is 33.9 Å². The van der Waals surface area contributed by atoms with E-state index in [1.54, 1.807) is 16.7 Å². The largest absolute Gasteiger partial charge is 0.334 e. The van der Waals surface area contributed by atoms with E-state index < -0.39 is 0 Å². The van der Waals surface area contributed by atoms with E-state index >= 15 is 0 Å². The Morgan fingerprint density at radius 3 is 2.71 bits per heavy atom. The Labute approximate surface area is 162 Å². The molecule has 8 heteroatoms. The summed E-state index contributed by atoms with van der Waals surface area (Å²) in [5, 5.41) is 2.83. The zero-order chi connectivity index (χ0) is 19.4. The maximum atomic E-state index is 13.2. The quantitative estimate of drug-likeness (QED) is 0.681. The average molecular weight is 394 g/mol. The first-order valence-electron chi connectivity index (χ1n) is 8.72. The fourth-order valence-corrected chi connectivity index (χ4v) is 4.54. The molecule has 28 heavy (non-hydrogen) atoms. The predicted octanol–water partition coefficient (Wildman–Crippen LogP) is 1.56. The van der Waals surface area contributed by atoms with Crippen molar-refractivity contribution in [1.82, 2.24) is 4.57 Å². The number of carbonyl (C=O) groups excluding carboxylic acids is 1. The number of nitrogens with one attached hydrogen (secondary N) is 1. The third-order valence-electron chi connectivity index (χ3n) is 4.89. The van der Waals surface area contributed by atoms with Gasteiger partial charge in [-0.05, 0) is 43.3 Å². The highest BCUT2D eigenvalue weighted by Crippen LogP contribution is 2.30. The fraction of sp³-hybridized carbons (Fsp3) is 0.150. The Hall–Kier alpha value is -3.26. The monoisotopic (exact) mass is 394 g/mol. The Bertz CT molecular complexity index is 1310. The molecule has 140 valence electrons. The van der Waals surface area contributed by atoms with Gasteiger partial charge in [-0.1, -0.05) is 23.0 Å². The summed E-state index contributed by atoms with van der Waals surface area (Å²) in [6.07, 6.45) is 0. The minimum Gasteiger partial charge on any atom is -0.334 e. The maximum absolute atomic E-state index is 13.2. The molecule has 0 atom stereocenters. The lowest BCUT2D eigenvalue weighted by Crippen LogP contribution is -2.43. The van der Waals surface area contributed by atoms with Crippen LogP contribution in [-0.2, 0) is 11.5 Å². The molecule has 0 spiro atoms. The highest BCUT2D eigenvalue weighted by atomic mass is 32.1. The molecule has 1 N–H and O–H groups in total. The minimum atomic E-state index is -0.314. The average Bonchev–Trinajstić information content (AvgIpc) is 3.17. The number of nitrogens with zero attached hydrogens (tertiary/aromatic N) is 3. The SMILES string of the molecule is Cc1ccc2c(c1)C(=c1sc3n(c1=O)CN(c1ccc(F)cc1)CN=3)C(=O)N2. The molecule has 1 amide bonds. The topological polar surface area (TPSA) is 66.7 Å². The van der Waals surface area contributed by atoms with E-state index in [9.17, 15) is 14.0 Å². The van der Waals surface area contributed by atoms with Crippen LogP contribution in [0.1, 0.15) is 11.1 Å². The minimum absolute atomic E-state index is 0.241. The number of hydrogen-bond donors (Lipinski definition) is 1. The van der Waals surface area contributed by atoms with Gasteiger partial charge in [-0.15, -0.1) is 0 Å². The zero-order valence-corrected chi connectivity index (χ0v) is 15.7. The predicted molar refractivity (Wildman–Crippen MR) is 105 cm³/mol. The molecule has 0 bridgehead atoms. The standard InChI is InChI=1S/C20H15FN4O2S/c1-11-2-7-15-14(8-11)16(18(26)23-15)17-19(27)25-10-24(9-22-20(25)28-17)13-5-3-12(21)4-6-13/h2-8H,9-10H2,1H3,(H,23,26). The first-order chi connectivity index (χ1) is 13.5. The zero-order valence-electron chi connectivity index (χ0n) is 14.9. The number of rotatable bonds is 1. The fourth-order valence-electron chi connectivity index (χ4n) is 3.48. The number of carbonyl (C=O) groups is 1. The molecule has 2 aliphatic rings. The molecule has 0 aliphatic carbocycles. The molecule has 0 saturated carbocycles. The van der Waals surface area contributed by atoms with Crippen LogP contribution in [0.15, 0.2) is 52.3 Å². The summed E-state index contributed by atoms with van der Waals surface area (Å²) < 4.78 is 15.1. The van der Waals surface area contributed by atoms with Crippen molar-refractivity contribution in [3.8, 4) is 0 Å². The van der Waals surface area contributed by atoms with Crippen LogP contribution in [0.4, 0.5) is 15.8 Å². The second-order valence-corrected chi connectivity index (χ2v) is 7.76. The van der Waals surface area contributed by atoms with Crippen LogP contribution in [-0.4, -0.2) is 17.1 Å². The number of aromatic nitrogens is 1. The lowest BCUT2D eigenvalue weighted by Gasteiger charge is -2.25. The molecule has 2 aromatic carbocycles. The first kappa shape index (κ1) is 16.9. The number of amides is 1. The Balaban J connectivity index is 1.65. The van der Waals surface area contributed by atoms with Gasteiger partial charge in [0.2, 0.25) is 0 Å². The van der Waals surface area contributed by atoms with Crippen LogP contribution in [0.5, 0.6) is 0 Å². The van der Waals surface area contributed by atoms with Crippen LogP contribution < -0.4 is 25.1 Å². The van der Waals surface area contributed by atoms with E-state index in [1.807, 2.05) is 30.0 Å². The summed E-state index contributed by atoms with van der Waals surface area (Å²) in [5.41, 5.74) is 3.42. The third kappa shape index (κ3) is 2.56. The molecule has 0 unspecified atom stereocenters.